The van der Waals surface area contributed by atoms with E-state index in [0.29, 0.717) is 0 Å². The summed E-state index contributed by atoms with van der Waals surface area (Å²) in [5, 5.41) is 3.98. The molecule has 0 aliphatic heterocycles. The third-order valence-electron chi connectivity index (χ3n) is 6.53. The fourth-order valence-corrected chi connectivity index (χ4v) is 6.37. The van der Waals surface area contributed by atoms with Crippen molar-refractivity contribution in [1.29, 1.82) is 0 Å². The van der Waals surface area contributed by atoms with E-state index in [1.807, 2.05) is 17.5 Å². The van der Waals surface area contributed by atoms with Crippen molar-refractivity contribution < 1.29 is 0 Å². The van der Waals surface area contributed by atoms with Crippen LogP contribution in [0.25, 0.3) is 43.2 Å². The van der Waals surface area contributed by atoms with Crippen LogP contribution in [0.4, 0.5) is 0 Å². The summed E-state index contributed by atoms with van der Waals surface area (Å²) in [5.41, 5.74) is 8.09. The summed E-state index contributed by atoms with van der Waals surface area (Å²) in [7, 11) is 0. The Bertz CT molecular complexity index is 1470. The van der Waals surface area contributed by atoms with Gasteiger partial charge < -0.3 is 0 Å². The number of rotatable bonds is 1. The van der Waals surface area contributed by atoms with E-state index in [1.54, 1.807) is 0 Å². The standard InChI is InChI=1S/C29H25NS/c1-29(2,3)24-17-20(16-19-9-5-6-10-21(19)24)27-28-23(14-15-30-27)26-22-11-7-4-8-18(22)12-13-25(26)31-28/h4-11,14-17H,12-13H2,1-3H3. The van der Waals surface area contributed by atoms with Crippen molar-refractivity contribution in [2.45, 2.75) is 39.0 Å². The molecule has 152 valence electrons. The zero-order valence-corrected chi connectivity index (χ0v) is 19.0. The Kier molecular flexibility index (Phi) is 4.10. The average molecular weight is 420 g/mol. The number of benzene rings is 3. The van der Waals surface area contributed by atoms with Gasteiger partial charge in [-0.25, -0.2) is 0 Å². The summed E-state index contributed by atoms with van der Waals surface area (Å²) in [6.07, 6.45) is 4.24. The molecule has 0 amide bonds. The summed E-state index contributed by atoms with van der Waals surface area (Å²) in [6, 6.07) is 24.5. The molecule has 1 aliphatic rings. The Labute approximate surface area is 187 Å². The molecule has 31 heavy (non-hydrogen) atoms. The fraction of sp³-hybridized carbons (Fsp3) is 0.207. The van der Waals surface area contributed by atoms with Gasteiger partial charge in [0.1, 0.15) is 0 Å². The minimum absolute atomic E-state index is 0.0666. The van der Waals surface area contributed by atoms with E-state index in [2.05, 4.69) is 87.5 Å². The van der Waals surface area contributed by atoms with Gasteiger partial charge >= 0.3 is 0 Å². The molecule has 2 heterocycles. The summed E-state index contributed by atoms with van der Waals surface area (Å²) < 4.78 is 1.32. The van der Waals surface area contributed by atoms with Gasteiger partial charge in [-0.3, -0.25) is 4.98 Å². The lowest BCUT2D eigenvalue weighted by Crippen LogP contribution is -2.12. The van der Waals surface area contributed by atoms with Crippen LogP contribution in [0.1, 0.15) is 36.8 Å². The zero-order valence-electron chi connectivity index (χ0n) is 18.2. The molecule has 1 aliphatic carbocycles. The highest BCUT2D eigenvalue weighted by Gasteiger charge is 2.24. The minimum Gasteiger partial charge on any atom is -0.255 e. The first-order valence-corrected chi connectivity index (χ1v) is 11.8. The topological polar surface area (TPSA) is 12.9 Å². The second-order valence-corrected chi connectivity index (χ2v) is 10.7. The molecule has 0 atom stereocenters. The molecule has 1 nitrogen and oxygen atoms in total. The summed E-state index contributed by atoms with van der Waals surface area (Å²) in [6.45, 7) is 6.90. The van der Waals surface area contributed by atoms with Gasteiger partial charge in [0.05, 0.1) is 10.4 Å². The molecule has 5 aromatic rings. The monoisotopic (exact) mass is 419 g/mol. The Morgan fingerprint density at radius 3 is 2.52 bits per heavy atom. The van der Waals surface area contributed by atoms with E-state index < -0.39 is 0 Å². The first-order chi connectivity index (χ1) is 15.0. The molecule has 0 N–H and O–H groups in total. The minimum atomic E-state index is 0.0666. The average Bonchev–Trinajstić information content (AvgIpc) is 3.17. The fourth-order valence-electron chi connectivity index (χ4n) is 5.05. The molecular weight excluding hydrogens is 394 g/mol. The Morgan fingerprint density at radius 1 is 0.839 bits per heavy atom. The van der Waals surface area contributed by atoms with Gasteiger partial charge in [-0.05, 0) is 63.9 Å². The van der Waals surface area contributed by atoms with E-state index in [4.69, 9.17) is 4.98 Å². The van der Waals surface area contributed by atoms with Crippen LogP contribution in [-0.2, 0) is 18.3 Å². The second-order valence-electron chi connectivity index (χ2n) is 9.59. The van der Waals surface area contributed by atoms with Gasteiger partial charge in [0.15, 0.2) is 0 Å². The Balaban J connectivity index is 1.64. The van der Waals surface area contributed by atoms with Crippen molar-refractivity contribution >= 4 is 32.2 Å². The molecule has 0 spiro atoms. The number of hydrogen-bond donors (Lipinski definition) is 0. The number of aromatic nitrogens is 1. The van der Waals surface area contributed by atoms with Crippen molar-refractivity contribution in [3.8, 4) is 22.4 Å². The normalized spacial score (nSPS) is 13.4. The van der Waals surface area contributed by atoms with Crippen LogP contribution in [0.3, 0.4) is 0 Å². The van der Waals surface area contributed by atoms with E-state index in [1.165, 1.54) is 53.6 Å². The van der Waals surface area contributed by atoms with Crippen molar-refractivity contribution in [1.82, 2.24) is 4.98 Å². The van der Waals surface area contributed by atoms with Gasteiger partial charge in [-0.2, -0.15) is 0 Å². The van der Waals surface area contributed by atoms with E-state index in [9.17, 15) is 0 Å². The SMILES string of the molecule is CC(C)(C)c1cc(-c2nccc3c4c(sc23)CCc2ccccc2-4)cc2ccccc12. The maximum atomic E-state index is 4.92. The van der Waals surface area contributed by atoms with Gasteiger partial charge in [0.2, 0.25) is 0 Å². The molecule has 2 aromatic heterocycles. The van der Waals surface area contributed by atoms with Crippen molar-refractivity contribution in [2.24, 2.45) is 0 Å². The molecule has 0 unspecified atom stereocenters. The van der Waals surface area contributed by atoms with Crippen LogP contribution in [-0.4, -0.2) is 4.98 Å². The van der Waals surface area contributed by atoms with Gasteiger partial charge in [0, 0.05) is 27.6 Å². The maximum absolute atomic E-state index is 4.92. The molecule has 0 saturated carbocycles. The molecular formula is C29H25NS. The highest BCUT2D eigenvalue weighted by atomic mass is 32.1. The first-order valence-electron chi connectivity index (χ1n) is 11.0. The van der Waals surface area contributed by atoms with E-state index >= 15 is 0 Å². The molecule has 0 saturated heterocycles. The smallest absolute Gasteiger partial charge is 0.0880 e. The Hall–Kier alpha value is -2.97. The third kappa shape index (κ3) is 2.93. The maximum Gasteiger partial charge on any atom is 0.0880 e. The number of nitrogens with zero attached hydrogens (tertiary/aromatic N) is 1. The molecule has 0 radical (unpaired) electrons. The van der Waals surface area contributed by atoms with Crippen LogP contribution in [0.15, 0.2) is 72.9 Å². The molecule has 3 aromatic carbocycles. The lowest BCUT2D eigenvalue weighted by Gasteiger charge is -2.22. The number of aryl methyl sites for hydroxylation is 2. The molecule has 0 bridgehead atoms. The van der Waals surface area contributed by atoms with Crippen LogP contribution in [0, 0.1) is 0 Å². The van der Waals surface area contributed by atoms with E-state index in [0.717, 1.165) is 18.5 Å². The van der Waals surface area contributed by atoms with Crippen molar-refractivity contribution in [3.63, 3.8) is 0 Å². The van der Waals surface area contributed by atoms with Gasteiger partial charge in [-0.1, -0.05) is 69.3 Å². The number of fused-ring (bicyclic) bond motifs is 6. The highest BCUT2D eigenvalue weighted by Crippen LogP contribution is 2.46. The summed E-state index contributed by atoms with van der Waals surface area (Å²) in [4.78, 5) is 6.42. The van der Waals surface area contributed by atoms with Crippen LogP contribution in [0.5, 0.6) is 0 Å². The van der Waals surface area contributed by atoms with E-state index in [-0.39, 0.29) is 5.41 Å². The van der Waals surface area contributed by atoms with Crippen molar-refractivity contribution in [2.75, 3.05) is 0 Å². The predicted octanol–water partition coefficient (Wildman–Crippen LogP) is 8.18. The van der Waals surface area contributed by atoms with Crippen LogP contribution in [0.2, 0.25) is 0 Å². The van der Waals surface area contributed by atoms with Crippen molar-refractivity contribution in [3.05, 3.63) is 88.9 Å². The number of pyridine rings is 1. The molecule has 6 rings (SSSR count). The lowest BCUT2D eigenvalue weighted by atomic mass is 9.82. The van der Waals surface area contributed by atoms with Crippen LogP contribution >= 0.6 is 11.3 Å². The molecule has 2 heteroatoms. The lowest BCUT2D eigenvalue weighted by molar-refractivity contribution is 0.596. The second kappa shape index (κ2) is 6.77. The van der Waals surface area contributed by atoms with Crippen LogP contribution < -0.4 is 0 Å². The number of hydrogen-bond acceptors (Lipinski definition) is 2. The van der Waals surface area contributed by atoms with Gasteiger partial charge in [-0.15, -0.1) is 11.3 Å². The number of thiophene rings is 1. The molecule has 0 fully saturated rings. The predicted molar refractivity (Wildman–Crippen MR) is 134 cm³/mol. The van der Waals surface area contributed by atoms with Gasteiger partial charge in [0.25, 0.3) is 0 Å². The largest absolute Gasteiger partial charge is 0.255 e. The Morgan fingerprint density at radius 2 is 1.65 bits per heavy atom. The zero-order chi connectivity index (χ0) is 21.2. The summed E-state index contributed by atoms with van der Waals surface area (Å²) >= 11 is 1.94. The summed E-state index contributed by atoms with van der Waals surface area (Å²) in [5.74, 6) is 0. The quantitative estimate of drug-likeness (QED) is 0.267. The third-order valence-corrected chi connectivity index (χ3v) is 7.80. The first kappa shape index (κ1) is 18.8. The highest BCUT2D eigenvalue weighted by molar-refractivity contribution is 7.20.